The molecule has 2 aliphatic rings. The molecule has 26 heavy (non-hydrogen) atoms. The third kappa shape index (κ3) is 4.56. The first-order chi connectivity index (χ1) is 11.9. The lowest BCUT2D eigenvalue weighted by atomic mass is 9.78. The van der Waals surface area contributed by atoms with Crippen LogP contribution in [0, 0.1) is 5.41 Å². The molecule has 0 amide bonds. The Bertz CT molecular complexity index is 764. The number of carboxylic acids is 1. The van der Waals surface area contributed by atoms with Gasteiger partial charge in [-0.1, -0.05) is 25.6 Å². The molecule has 0 unspecified atom stereocenters. The second-order valence-electron chi connectivity index (χ2n) is 7.03. The Balaban J connectivity index is 0.00000243. The van der Waals surface area contributed by atoms with Crippen molar-refractivity contribution < 1.29 is 9.90 Å². The largest absolute Gasteiger partial charge is 0.481 e. The minimum absolute atomic E-state index is 0. The van der Waals surface area contributed by atoms with Crippen LogP contribution in [0.3, 0.4) is 0 Å². The summed E-state index contributed by atoms with van der Waals surface area (Å²) in [6.07, 6.45) is 4.08. The number of rotatable bonds is 5. The molecule has 1 aliphatic heterocycles. The summed E-state index contributed by atoms with van der Waals surface area (Å²) in [5.74, 6) is 0.00962. The molecule has 3 rings (SSSR count). The van der Waals surface area contributed by atoms with Crippen LogP contribution >= 0.6 is 28.7 Å². The van der Waals surface area contributed by atoms with Crippen molar-refractivity contribution >= 4 is 51.9 Å². The molecule has 0 bridgehead atoms. The minimum Gasteiger partial charge on any atom is -0.481 e. The van der Waals surface area contributed by atoms with Crippen LogP contribution in [0.4, 0.5) is 11.5 Å². The summed E-state index contributed by atoms with van der Waals surface area (Å²) in [4.78, 5) is 25.2. The van der Waals surface area contributed by atoms with E-state index in [2.05, 4.69) is 34.4 Å². The van der Waals surface area contributed by atoms with Crippen LogP contribution < -0.4 is 10.6 Å². The zero-order valence-corrected chi connectivity index (χ0v) is 17.7. The van der Waals surface area contributed by atoms with E-state index in [-0.39, 0.29) is 28.8 Å². The highest BCUT2D eigenvalue weighted by molar-refractivity contribution is 8.93. The van der Waals surface area contributed by atoms with Gasteiger partial charge in [0, 0.05) is 25.7 Å². The maximum Gasteiger partial charge on any atom is 0.303 e. The van der Waals surface area contributed by atoms with Crippen LogP contribution in [-0.2, 0) is 4.79 Å². The Morgan fingerprint density at radius 2 is 2.19 bits per heavy atom. The third-order valence-corrected chi connectivity index (χ3v) is 5.40. The average molecular weight is 442 g/mol. The average Bonchev–Trinajstić information content (AvgIpc) is 2.55. The van der Waals surface area contributed by atoms with Gasteiger partial charge in [-0.05, 0) is 24.7 Å². The van der Waals surface area contributed by atoms with Crippen molar-refractivity contribution in [2.45, 2.75) is 44.6 Å². The molecular formula is C17H24BrN5O2S. The van der Waals surface area contributed by atoms with E-state index in [1.54, 1.807) is 18.1 Å². The second kappa shape index (κ2) is 8.39. The van der Waals surface area contributed by atoms with Crippen LogP contribution in [-0.4, -0.2) is 40.3 Å². The maximum absolute atomic E-state index is 10.7. The number of anilines is 2. The molecule has 9 heteroatoms. The quantitative estimate of drug-likeness (QED) is 0.469. The number of allylic oxidation sites excluding steroid dienone is 2. The highest BCUT2D eigenvalue weighted by Crippen LogP contribution is 2.49. The predicted molar refractivity (Wildman–Crippen MR) is 111 cm³/mol. The summed E-state index contributed by atoms with van der Waals surface area (Å²) in [7, 11) is 1.85. The SMILES string of the molecule is Br.CNc1ncnc2c1NC1=C(S2)C(=NCCCC(=O)O)CC(C)(C)C1. The summed E-state index contributed by atoms with van der Waals surface area (Å²) in [6.45, 7) is 4.99. The molecule has 1 aromatic heterocycles. The molecule has 0 fully saturated rings. The first-order valence-corrected chi connectivity index (χ1v) is 9.17. The lowest BCUT2D eigenvalue weighted by Crippen LogP contribution is -2.29. The number of aliphatic carboxylic acids is 1. The van der Waals surface area contributed by atoms with Crippen molar-refractivity contribution in [2.24, 2.45) is 10.4 Å². The zero-order chi connectivity index (χ0) is 18.0. The Hall–Kier alpha value is -1.61. The summed E-state index contributed by atoms with van der Waals surface area (Å²) in [6, 6.07) is 0. The van der Waals surface area contributed by atoms with Gasteiger partial charge in [0.15, 0.2) is 5.82 Å². The van der Waals surface area contributed by atoms with Crippen molar-refractivity contribution in [3.8, 4) is 0 Å². The van der Waals surface area contributed by atoms with Gasteiger partial charge < -0.3 is 15.7 Å². The molecular weight excluding hydrogens is 418 g/mol. The number of nitrogens with one attached hydrogen (secondary N) is 2. The van der Waals surface area contributed by atoms with Gasteiger partial charge in [-0.25, -0.2) is 9.97 Å². The topological polar surface area (TPSA) is 99.5 Å². The lowest BCUT2D eigenvalue weighted by molar-refractivity contribution is -0.137. The summed E-state index contributed by atoms with van der Waals surface area (Å²) in [5, 5.41) is 16.3. The number of carbonyl (C=O) groups is 1. The molecule has 7 nitrogen and oxygen atoms in total. The van der Waals surface area contributed by atoms with Crippen LogP contribution in [0.2, 0.25) is 0 Å². The molecule has 2 heterocycles. The highest BCUT2D eigenvalue weighted by atomic mass is 79.9. The summed E-state index contributed by atoms with van der Waals surface area (Å²) >= 11 is 1.62. The number of nitrogens with zero attached hydrogens (tertiary/aromatic N) is 3. The number of fused-ring (bicyclic) bond motifs is 1. The van der Waals surface area contributed by atoms with Crippen molar-refractivity contribution in [1.82, 2.24) is 9.97 Å². The van der Waals surface area contributed by atoms with Crippen molar-refractivity contribution in [1.29, 1.82) is 0 Å². The number of halogens is 1. The molecule has 0 saturated carbocycles. The fourth-order valence-corrected chi connectivity index (χ4v) is 4.16. The summed E-state index contributed by atoms with van der Waals surface area (Å²) < 4.78 is 0. The predicted octanol–water partition coefficient (Wildman–Crippen LogP) is 3.95. The molecule has 142 valence electrons. The van der Waals surface area contributed by atoms with E-state index in [4.69, 9.17) is 10.1 Å². The van der Waals surface area contributed by atoms with Crippen molar-refractivity contribution in [2.75, 3.05) is 24.2 Å². The number of carboxylic acid groups (broad SMARTS) is 1. The van der Waals surface area contributed by atoms with Gasteiger partial charge in [0.25, 0.3) is 0 Å². The van der Waals surface area contributed by atoms with E-state index >= 15 is 0 Å². The van der Waals surface area contributed by atoms with E-state index in [1.165, 1.54) is 0 Å². The molecule has 0 saturated heterocycles. The van der Waals surface area contributed by atoms with Gasteiger partial charge >= 0.3 is 5.97 Å². The fraction of sp³-hybridized carbons (Fsp3) is 0.529. The van der Waals surface area contributed by atoms with Gasteiger partial charge in [-0.3, -0.25) is 9.79 Å². The van der Waals surface area contributed by atoms with Crippen LogP contribution in [0.25, 0.3) is 0 Å². The molecule has 0 radical (unpaired) electrons. The monoisotopic (exact) mass is 441 g/mol. The van der Waals surface area contributed by atoms with Crippen LogP contribution in [0.1, 0.15) is 39.5 Å². The standard InChI is InChI=1S/C17H23N5O2S.BrH/c1-17(2)7-10(19-6-4-5-12(23)24)14-11(8-17)22-13-15(18-3)20-9-21-16(13)25-14;/h9,22H,4-8H2,1-3H3,(H,23,24)(H,18,20,21);1H. The summed E-state index contributed by atoms with van der Waals surface area (Å²) in [5.41, 5.74) is 3.21. The van der Waals surface area contributed by atoms with Crippen molar-refractivity contribution in [3.63, 3.8) is 0 Å². The second-order valence-corrected chi connectivity index (χ2v) is 8.03. The maximum atomic E-state index is 10.7. The Morgan fingerprint density at radius 3 is 2.88 bits per heavy atom. The van der Waals surface area contributed by atoms with Gasteiger partial charge in [0.1, 0.15) is 17.0 Å². The molecule has 0 spiro atoms. The van der Waals surface area contributed by atoms with E-state index in [0.29, 0.717) is 13.0 Å². The number of hydrogen-bond acceptors (Lipinski definition) is 7. The molecule has 0 atom stereocenters. The number of aliphatic imine (C=N–C) groups is 1. The van der Waals surface area contributed by atoms with E-state index in [1.807, 2.05) is 7.05 Å². The fourth-order valence-electron chi connectivity index (χ4n) is 3.12. The van der Waals surface area contributed by atoms with Gasteiger partial charge in [-0.2, -0.15) is 0 Å². The molecule has 1 aromatic rings. The first kappa shape index (κ1) is 20.7. The smallest absolute Gasteiger partial charge is 0.303 e. The molecule has 1 aliphatic carbocycles. The third-order valence-electron chi connectivity index (χ3n) is 4.21. The number of hydrogen-bond donors (Lipinski definition) is 3. The Kier molecular flexibility index (Phi) is 6.68. The molecule has 0 aromatic carbocycles. The Morgan fingerprint density at radius 1 is 1.42 bits per heavy atom. The van der Waals surface area contributed by atoms with E-state index in [0.717, 1.165) is 45.7 Å². The van der Waals surface area contributed by atoms with Crippen LogP contribution in [0.15, 0.2) is 26.9 Å². The number of aromatic nitrogens is 2. The minimum atomic E-state index is -0.775. The van der Waals surface area contributed by atoms with Gasteiger partial charge in [-0.15, -0.1) is 17.0 Å². The van der Waals surface area contributed by atoms with E-state index in [9.17, 15) is 4.79 Å². The zero-order valence-electron chi connectivity index (χ0n) is 15.1. The van der Waals surface area contributed by atoms with Crippen LogP contribution in [0.5, 0.6) is 0 Å². The van der Waals surface area contributed by atoms with E-state index < -0.39 is 5.97 Å². The van der Waals surface area contributed by atoms with Gasteiger partial charge in [0.2, 0.25) is 0 Å². The normalized spacial score (nSPS) is 19.1. The lowest BCUT2D eigenvalue weighted by Gasteiger charge is -2.36. The first-order valence-electron chi connectivity index (χ1n) is 8.36. The van der Waals surface area contributed by atoms with Crippen molar-refractivity contribution in [3.05, 3.63) is 16.9 Å². The number of thioether (sulfide) groups is 1. The molecule has 3 N–H and O–H groups in total. The van der Waals surface area contributed by atoms with Gasteiger partial charge in [0.05, 0.1) is 10.6 Å². The Labute approximate surface area is 168 Å². The highest BCUT2D eigenvalue weighted by Gasteiger charge is 2.35.